The lowest BCUT2D eigenvalue weighted by molar-refractivity contribution is -0.0719. The van der Waals surface area contributed by atoms with E-state index in [1.165, 1.54) is 0 Å². The molecule has 4 heteroatoms. The summed E-state index contributed by atoms with van der Waals surface area (Å²) in [6.07, 6.45) is 0.482. The summed E-state index contributed by atoms with van der Waals surface area (Å²) in [5.41, 5.74) is 5.46. The highest BCUT2D eigenvalue weighted by atomic mass is 16.5. The van der Waals surface area contributed by atoms with Gasteiger partial charge in [0.1, 0.15) is 5.84 Å². The van der Waals surface area contributed by atoms with Crippen LogP contribution in [-0.4, -0.2) is 42.1 Å². The first-order valence-corrected chi connectivity index (χ1v) is 4.74. The van der Waals surface area contributed by atoms with Crippen LogP contribution < -0.4 is 5.73 Å². The zero-order valence-corrected chi connectivity index (χ0v) is 8.58. The Balaban J connectivity index is 2.54. The number of amidine groups is 1. The second-order valence-corrected chi connectivity index (χ2v) is 3.84. The Kier molecular flexibility index (Phi) is 3.27. The number of nitrogens with one attached hydrogen (secondary N) is 1. The van der Waals surface area contributed by atoms with Crippen molar-refractivity contribution in [1.29, 1.82) is 5.41 Å². The van der Waals surface area contributed by atoms with Crippen molar-refractivity contribution in [2.75, 3.05) is 13.1 Å². The van der Waals surface area contributed by atoms with Crippen LogP contribution >= 0.6 is 0 Å². The van der Waals surface area contributed by atoms with Crippen LogP contribution in [0.3, 0.4) is 0 Å². The Morgan fingerprint density at radius 2 is 1.92 bits per heavy atom. The molecule has 0 spiro atoms. The quantitative estimate of drug-likeness (QED) is 0.484. The summed E-state index contributed by atoms with van der Waals surface area (Å²) in [7, 11) is 0. The molecular formula is C9H19N3O. The molecule has 0 amide bonds. The highest BCUT2D eigenvalue weighted by Crippen LogP contribution is 2.13. The second kappa shape index (κ2) is 4.07. The standard InChI is InChI=1S/C9H19N3O/c1-6-4-12(5-7(2)13-6)8(3)9(10)11/h6-8H,4-5H2,1-3H3,(H3,10,11). The maximum atomic E-state index is 7.36. The van der Waals surface area contributed by atoms with Crippen molar-refractivity contribution in [1.82, 2.24) is 4.90 Å². The first-order valence-electron chi connectivity index (χ1n) is 4.74. The molecule has 1 rings (SSSR count). The van der Waals surface area contributed by atoms with Crippen molar-refractivity contribution in [3.8, 4) is 0 Å². The Bertz CT molecular complexity index is 185. The van der Waals surface area contributed by atoms with Crippen molar-refractivity contribution in [3.63, 3.8) is 0 Å². The van der Waals surface area contributed by atoms with Gasteiger partial charge in [0.25, 0.3) is 0 Å². The number of nitrogens with zero attached hydrogens (tertiary/aromatic N) is 1. The molecule has 0 aromatic carbocycles. The lowest BCUT2D eigenvalue weighted by Gasteiger charge is -2.38. The van der Waals surface area contributed by atoms with Gasteiger partial charge in [0, 0.05) is 13.1 Å². The molecule has 3 unspecified atom stereocenters. The first kappa shape index (κ1) is 10.5. The van der Waals surface area contributed by atoms with Gasteiger partial charge in [-0.2, -0.15) is 0 Å². The summed E-state index contributed by atoms with van der Waals surface area (Å²) in [5, 5.41) is 7.36. The maximum Gasteiger partial charge on any atom is 0.108 e. The van der Waals surface area contributed by atoms with Gasteiger partial charge in [-0.3, -0.25) is 10.3 Å². The summed E-state index contributed by atoms with van der Waals surface area (Å²) >= 11 is 0. The molecule has 1 saturated heterocycles. The maximum absolute atomic E-state index is 7.36. The third-order valence-corrected chi connectivity index (χ3v) is 2.45. The van der Waals surface area contributed by atoms with Gasteiger partial charge >= 0.3 is 0 Å². The minimum absolute atomic E-state index is 0.0359. The Labute approximate surface area is 79.6 Å². The molecule has 13 heavy (non-hydrogen) atoms. The molecule has 0 aliphatic carbocycles. The predicted octanol–water partition coefficient (Wildman–Crippen LogP) is 0.420. The molecule has 0 radical (unpaired) electrons. The van der Waals surface area contributed by atoms with E-state index in [0.29, 0.717) is 0 Å². The normalized spacial score (nSPS) is 32.8. The molecule has 0 aromatic rings. The van der Waals surface area contributed by atoms with Crippen molar-refractivity contribution < 1.29 is 4.74 Å². The highest BCUT2D eigenvalue weighted by Gasteiger charge is 2.26. The zero-order chi connectivity index (χ0) is 10.0. The van der Waals surface area contributed by atoms with E-state index in [1.807, 2.05) is 6.92 Å². The third-order valence-electron chi connectivity index (χ3n) is 2.45. The fourth-order valence-electron chi connectivity index (χ4n) is 1.73. The molecule has 3 N–H and O–H groups in total. The van der Waals surface area contributed by atoms with Gasteiger partial charge in [-0.15, -0.1) is 0 Å². The van der Waals surface area contributed by atoms with Crippen LogP contribution in [-0.2, 0) is 4.74 Å². The SMILES string of the molecule is CC1CN(C(C)C(=N)N)CC(C)O1. The van der Waals surface area contributed by atoms with E-state index >= 15 is 0 Å². The lowest BCUT2D eigenvalue weighted by Crippen LogP contribution is -2.52. The van der Waals surface area contributed by atoms with E-state index in [9.17, 15) is 0 Å². The number of morpholine rings is 1. The van der Waals surface area contributed by atoms with Crippen LogP contribution in [0.4, 0.5) is 0 Å². The van der Waals surface area contributed by atoms with Gasteiger partial charge in [-0.25, -0.2) is 0 Å². The van der Waals surface area contributed by atoms with Gasteiger partial charge in [0.05, 0.1) is 18.2 Å². The van der Waals surface area contributed by atoms with Crippen LogP contribution in [0.15, 0.2) is 0 Å². The van der Waals surface area contributed by atoms with Crippen molar-refractivity contribution >= 4 is 5.84 Å². The van der Waals surface area contributed by atoms with Gasteiger partial charge in [-0.05, 0) is 20.8 Å². The van der Waals surface area contributed by atoms with Gasteiger partial charge in [-0.1, -0.05) is 0 Å². The molecule has 0 bridgehead atoms. The Hall–Kier alpha value is -0.610. The van der Waals surface area contributed by atoms with Crippen molar-refractivity contribution in [2.24, 2.45) is 5.73 Å². The van der Waals surface area contributed by atoms with Crippen molar-refractivity contribution in [2.45, 2.75) is 39.0 Å². The van der Waals surface area contributed by atoms with Crippen molar-refractivity contribution in [3.05, 3.63) is 0 Å². The molecular weight excluding hydrogens is 166 g/mol. The smallest absolute Gasteiger partial charge is 0.108 e. The molecule has 1 fully saturated rings. The molecule has 4 nitrogen and oxygen atoms in total. The number of rotatable bonds is 2. The monoisotopic (exact) mass is 185 g/mol. The van der Waals surface area contributed by atoms with Gasteiger partial charge < -0.3 is 10.5 Å². The molecule has 0 saturated carbocycles. The molecule has 0 aromatic heterocycles. The minimum atomic E-state index is 0.0359. The largest absolute Gasteiger partial charge is 0.386 e. The van der Waals surface area contributed by atoms with E-state index in [2.05, 4.69) is 18.7 Å². The lowest BCUT2D eigenvalue weighted by atomic mass is 10.1. The average molecular weight is 185 g/mol. The number of ether oxygens (including phenoxy) is 1. The molecule has 3 atom stereocenters. The van der Waals surface area contributed by atoms with Crippen LogP contribution in [0, 0.1) is 5.41 Å². The molecule has 76 valence electrons. The first-order chi connectivity index (χ1) is 6.00. The fourth-order valence-corrected chi connectivity index (χ4v) is 1.73. The summed E-state index contributed by atoms with van der Waals surface area (Å²) in [5.74, 6) is 0.237. The second-order valence-electron chi connectivity index (χ2n) is 3.84. The Morgan fingerprint density at radius 3 is 2.31 bits per heavy atom. The molecule has 1 aliphatic heterocycles. The predicted molar refractivity (Wildman–Crippen MR) is 53.0 cm³/mol. The van der Waals surface area contributed by atoms with E-state index in [1.54, 1.807) is 0 Å². The zero-order valence-electron chi connectivity index (χ0n) is 8.58. The number of nitrogens with two attached hydrogens (primary N) is 1. The topological polar surface area (TPSA) is 62.3 Å². The third kappa shape index (κ3) is 2.67. The van der Waals surface area contributed by atoms with E-state index in [0.717, 1.165) is 13.1 Å². The van der Waals surface area contributed by atoms with E-state index in [-0.39, 0.29) is 24.1 Å². The number of hydrogen-bond donors (Lipinski definition) is 2. The van der Waals surface area contributed by atoms with Gasteiger partial charge in [0.2, 0.25) is 0 Å². The van der Waals surface area contributed by atoms with Crippen LogP contribution in [0.2, 0.25) is 0 Å². The summed E-state index contributed by atoms with van der Waals surface area (Å²) in [6, 6.07) is 0.0359. The molecule has 1 heterocycles. The van der Waals surface area contributed by atoms with Crippen LogP contribution in [0.5, 0.6) is 0 Å². The number of hydrogen-bond acceptors (Lipinski definition) is 3. The van der Waals surface area contributed by atoms with Gasteiger partial charge in [0.15, 0.2) is 0 Å². The summed E-state index contributed by atoms with van der Waals surface area (Å²) in [6.45, 7) is 7.80. The summed E-state index contributed by atoms with van der Waals surface area (Å²) < 4.78 is 5.59. The van der Waals surface area contributed by atoms with Crippen LogP contribution in [0.1, 0.15) is 20.8 Å². The minimum Gasteiger partial charge on any atom is -0.386 e. The fraction of sp³-hybridized carbons (Fsp3) is 0.889. The highest BCUT2D eigenvalue weighted by molar-refractivity contribution is 5.82. The van der Waals surface area contributed by atoms with Crippen LogP contribution in [0.25, 0.3) is 0 Å². The average Bonchev–Trinajstić information content (AvgIpc) is 2.01. The Morgan fingerprint density at radius 1 is 1.46 bits per heavy atom. The van der Waals surface area contributed by atoms with E-state index < -0.39 is 0 Å². The molecule has 1 aliphatic rings. The van der Waals surface area contributed by atoms with E-state index in [4.69, 9.17) is 15.9 Å². The summed E-state index contributed by atoms with van der Waals surface area (Å²) in [4.78, 5) is 2.20.